The number of ether oxygens (including phenoxy) is 1. The van der Waals surface area contributed by atoms with Crippen molar-refractivity contribution in [3.8, 4) is 0 Å². The molecule has 1 aromatic carbocycles. The molecule has 100 valence electrons. The number of anilines is 2. The third-order valence-corrected chi connectivity index (χ3v) is 3.54. The van der Waals surface area contributed by atoms with Crippen molar-refractivity contribution in [2.45, 2.75) is 20.8 Å². The minimum atomic E-state index is -0.393. The SMILES string of the molecule is CCOC(=O)c1ncsc1Nc1ccc(C)c(C)c1. The summed E-state index contributed by atoms with van der Waals surface area (Å²) in [6.45, 7) is 6.25. The van der Waals surface area contributed by atoms with Crippen LogP contribution in [0, 0.1) is 13.8 Å². The molecule has 0 aliphatic carbocycles. The Morgan fingerprint density at radius 1 is 1.37 bits per heavy atom. The van der Waals surface area contributed by atoms with E-state index in [0.717, 1.165) is 5.69 Å². The van der Waals surface area contributed by atoms with Crippen LogP contribution in [-0.4, -0.2) is 17.6 Å². The van der Waals surface area contributed by atoms with E-state index in [0.29, 0.717) is 17.3 Å². The summed E-state index contributed by atoms with van der Waals surface area (Å²) in [6, 6.07) is 6.07. The van der Waals surface area contributed by atoms with Crippen LogP contribution < -0.4 is 5.32 Å². The largest absolute Gasteiger partial charge is 0.461 e. The van der Waals surface area contributed by atoms with Gasteiger partial charge in [-0.3, -0.25) is 0 Å². The van der Waals surface area contributed by atoms with Crippen molar-refractivity contribution >= 4 is 28.0 Å². The maximum Gasteiger partial charge on any atom is 0.360 e. The third-order valence-electron chi connectivity index (χ3n) is 2.80. The lowest BCUT2D eigenvalue weighted by molar-refractivity contribution is 0.0521. The highest BCUT2D eigenvalue weighted by molar-refractivity contribution is 7.14. The van der Waals surface area contributed by atoms with Crippen molar-refractivity contribution in [3.05, 3.63) is 40.5 Å². The van der Waals surface area contributed by atoms with Gasteiger partial charge in [-0.25, -0.2) is 9.78 Å². The molecular weight excluding hydrogens is 260 g/mol. The minimum absolute atomic E-state index is 0.338. The van der Waals surface area contributed by atoms with Crippen molar-refractivity contribution < 1.29 is 9.53 Å². The summed E-state index contributed by atoms with van der Waals surface area (Å²) in [5, 5.41) is 3.92. The topological polar surface area (TPSA) is 51.2 Å². The molecule has 1 heterocycles. The number of esters is 1. The lowest BCUT2D eigenvalue weighted by Crippen LogP contribution is -2.07. The fourth-order valence-corrected chi connectivity index (χ4v) is 2.32. The maximum absolute atomic E-state index is 11.7. The number of thiazole rings is 1. The van der Waals surface area contributed by atoms with E-state index in [1.807, 2.05) is 18.2 Å². The van der Waals surface area contributed by atoms with Gasteiger partial charge in [0.15, 0.2) is 5.69 Å². The Balaban J connectivity index is 2.21. The van der Waals surface area contributed by atoms with Crippen LogP contribution in [0.4, 0.5) is 10.7 Å². The van der Waals surface area contributed by atoms with Gasteiger partial charge in [0.1, 0.15) is 5.00 Å². The van der Waals surface area contributed by atoms with Gasteiger partial charge in [0.2, 0.25) is 0 Å². The molecule has 0 spiro atoms. The molecule has 0 amide bonds. The lowest BCUT2D eigenvalue weighted by Gasteiger charge is -2.08. The predicted octanol–water partition coefficient (Wildman–Crippen LogP) is 3.68. The molecule has 1 N–H and O–H groups in total. The van der Waals surface area contributed by atoms with Gasteiger partial charge < -0.3 is 10.1 Å². The Kier molecular flexibility index (Phi) is 4.16. The summed E-state index contributed by atoms with van der Waals surface area (Å²) < 4.78 is 4.97. The summed E-state index contributed by atoms with van der Waals surface area (Å²) in [5.74, 6) is -0.393. The summed E-state index contributed by atoms with van der Waals surface area (Å²) in [7, 11) is 0. The first kappa shape index (κ1) is 13.5. The monoisotopic (exact) mass is 276 g/mol. The van der Waals surface area contributed by atoms with E-state index < -0.39 is 5.97 Å². The quantitative estimate of drug-likeness (QED) is 0.865. The first-order chi connectivity index (χ1) is 9.11. The van der Waals surface area contributed by atoms with Crippen molar-refractivity contribution in [1.29, 1.82) is 0 Å². The molecule has 1 aromatic heterocycles. The lowest BCUT2D eigenvalue weighted by atomic mass is 10.1. The number of aryl methyl sites for hydroxylation is 2. The Hall–Kier alpha value is -1.88. The normalized spacial score (nSPS) is 10.3. The van der Waals surface area contributed by atoms with Crippen LogP contribution in [0.2, 0.25) is 0 Å². The van der Waals surface area contributed by atoms with Crippen LogP contribution in [0.1, 0.15) is 28.5 Å². The fourth-order valence-electron chi connectivity index (χ4n) is 1.63. The third kappa shape index (κ3) is 3.12. The van der Waals surface area contributed by atoms with E-state index in [2.05, 4.69) is 24.1 Å². The molecule has 0 fully saturated rings. The number of rotatable bonds is 4. The molecule has 0 radical (unpaired) electrons. The molecule has 0 aliphatic heterocycles. The van der Waals surface area contributed by atoms with Crippen molar-refractivity contribution in [3.63, 3.8) is 0 Å². The second-order valence-electron chi connectivity index (χ2n) is 4.17. The zero-order chi connectivity index (χ0) is 13.8. The van der Waals surface area contributed by atoms with Crippen molar-refractivity contribution in [2.75, 3.05) is 11.9 Å². The Labute approximate surface area is 116 Å². The number of aromatic nitrogens is 1. The van der Waals surface area contributed by atoms with Crippen LogP contribution in [-0.2, 0) is 4.74 Å². The van der Waals surface area contributed by atoms with Crippen molar-refractivity contribution in [1.82, 2.24) is 4.98 Å². The summed E-state index contributed by atoms with van der Waals surface area (Å²) in [4.78, 5) is 15.8. The molecule has 19 heavy (non-hydrogen) atoms. The number of carbonyl (C=O) groups is 1. The van der Waals surface area contributed by atoms with Crippen LogP contribution in [0.3, 0.4) is 0 Å². The highest BCUT2D eigenvalue weighted by atomic mass is 32.1. The van der Waals surface area contributed by atoms with Gasteiger partial charge >= 0.3 is 5.97 Å². The molecule has 2 rings (SSSR count). The standard InChI is InChI=1S/C14H16N2O2S/c1-4-18-14(17)12-13(19-8-15-12)16-11-6-5-9(2)10(3)7-11/h5-8,16H,4H2,1-3H3. The van der Waals surface area contributed by atoms with E-state index >= 15 is 0 Å². The maximum atomic E-state index is 11.7. The highest BCUT2D eigenvalue weighted by Gasteiger charge is 2.16. The van der Waals surface area contributed by atoms with Gasteiger partial charge in [-0.05, 0) is 44.0 Å². The molecule has 5 heteroatoms. The summed E-state index contributed by atoms with van der Waals surface area (Å²) >= 11 is 1.39. The fraction of sp³-hybridized carbons (Fsp3) is 0.286. The molecule has 0 unspecified atom stereocenters. The van der Waals surface area contributed by atoms with E-state index in [-0.39, 0.29) is 0 Å². The number of hydrogen-bond acceptors (Lipinski definition) is 5. The average Bonchev–Trinajstić information content (AvgIpc) is 2.82. The number of benzene rings is 1. The Bertz CT molecular complexity index is 593. The summed E-state index contributed by atoms with van der Waals surface area (Å²) in [5.41, 5.74) is 5.35. The van der Waals surface area contributed by atoms with Gasteiger partial charge in [-0.15, -0.1) is 11.3 Å². The van der Waals surface area contributed by atoms with Crippen LogP contribution >= 0.6 is 11.3 Å². The van der Waals surface area contributed by atoms with E-state index in [9.17, 15) is 4.79 Å². The Morgan fingerprint density at radius 2 is 2.16 bits per heavy atom. The number of carbonyl (C=O) groups excluding carboxylic acids is 1. The van der Waals surface area contributed by atoms with Crippen LogP contribution in [0.15, 0.2) is 23.7 Å². The van der Waals surface area contributed by atoms with Gasteiger partial charge in [0.05, 0.1) is 12.1 Å². The number of nitrogens with one attached hydrogen (secondary N) is 1. The zero-order valence-electron chi connectivity index (χ0n) is 11.2. The van der Waals surface area contributed by atoms with Gasteiger partial charge in [0.25, 0.3) is 0 Å². The molecule has 0 saturated heterocycles. The number of hydrogen-bond donors (Lipinski definition) is 1. The summed E-state index contributed by atoms with van der Waals surface area (Å²) in [6.07, 6.45) is 0. The zero-order valence-corrected chi connectivity index (χ0v) is 12.0. The second-order valence-corrected chi connectivity index (χ2v) is 5.03. The predicted molar refractivity (Wildman–Crippen MR) is 77.3 cm³/mol. The molecule has 0 saturated carbocycles. The second kappa shape index (κ2) is 5.84. The molecular formula is C14H16N2O2S. The number of nitrogens with zero attached hydrogens (tertiary/aromatic N) is 1. The molecule has 2 aromatic rings. The first-order valence-corrected chi connectivity index (χ1v) is 6.94. The average molecular weight is 276 g/mol. The minimum Gasteiger partial charge on any atom is -0.461 e. The smallest absolute Gasteiger partial charge is 0.360 e. The van der Waals surface area contributed by atoms with Crippen LogP contribution in [0.5, 0.6) is 0 Å². The van der Waals surface area contributed by atoms with Crippen LogP contribution in [0.25, 0.3) is 0 Å². The van der Waals surface area contributed by atoms with E-state index in [1.54, 1.807) is 12.4 Å². The molecule has 0 atom stereocenters. The molecule has 0 aliphatic rings. The molecule has 0 bridgehead atoms. The van der Waals surface area contributed by atoms with Gasteiger partial charge in [-0.1, -0.05) is 6.07 Å². The van der Waals surface area contributed by atoms with E-state index in [4.69, 9.17) is 4.74 Å². The van der Waals surface area contributed by atoms with Gasteiger partial charge in [0, 0.05) is 5.69 Å². The highest BCUT2D eigenvalue weighted by Crippen LogP contribution is 2.26. The first-order valence-electron chi connectivity index (χ1n) is 6.06. The van der Waals surface area contributed by atoms with Crippen molar-refractivity contribution in [2.24, 2.45) is 0 Å². The van der Waals surface area contributed by atoms with Gasteiger partial charge in [-0.2, -0.15) is 0 Å². The molecule has 4 nitrogen and oxygen atoms in total. The van der Waals surface area contributed by atoms with E-state index in [1.165, 1.54) is 22.5 Å². The Morgan fingerprint density at radius 3 is 2.84 bits per heavy atom.